The first-order chi connectivity index (χ1) is 4.16. The van der Waals surface area contributed by atoms with Gasteiger partial charge in [-0.25, -0.2) is 0 Å². The van der Waals surface area contributed by atoms with Crippen molar-refractivity contribution in [3.8, 4) is 0 Å². The van der Waals surface area contributed by atoms with Crippen LogP contribution in [0.5, 0.6) is 0 Å². The van der Waals surface area contributed by atoms with Gasteiger partial charge in [0.25, 0.3) is 0 Å². The molecule has 0 fully saturated rings. The summed E-state index contributed by atoms with van der Waals surface area (Å²) in [5.41, 5.74) is 5.12. The topological polar surface area (TPSA) is 55.6 Å². The molecule has 0 saturated carbocycles. The average Bonchev–Trinajstić information content (AvgIpc) is 1.63. The Bertz CT molecular complexity index is 101. The van der Waals surface area contributed by atoms with Crippen molar-refractivity contribution in [2.45, 2.75) is 0 Å². The summed E-state index contributed by atoms with van der Waals surface area (Å²) in [6.45, 7) is 0.406. The van der Waals surface area contributed by atoms with Crippen LogP contribution in [0.1, 0.15) is 0 Å². The van der Waals surface area contributed by atoms with Gasteiger partial charge in [0.1, 0.15) is 0 Å². The molecule has 0 rings (SSSR count). The van der Waals surface area contributed by atoms with Crippen molar-refractivity contribution in [2.75, 3.05) is 26.8 Å². The number of nitrogens with two attached hydrogens (primary N) is 1. The molecule has 2 N–H and O–H groups in total. The maximum Gasteiger partial charge on any atom is 0.528 e. The highest BCUT2D eigenvalue weighted by Gasteiger charge is 2.16. The van der Waals surface area contributed by atoms with E-state index in [9.17, 15) is 4.57 Å². The van der Waals surface area contributed by atoms with Gasteiger partial charge in [0.2, 0.25) is 0 Å². The second-order valence-electron chi connectivity index (χ2n) is 1.74. The van der Waals surface area contributed by atoms with Crippen molar-refractivity contribution in [1.82, 2.24) is 5.06 Å². The fraction of sp³-hybridized carbons (Fsp3) is 1.00. The minimum atomic E-state index is -1.57. The van der Waals surface area contributed by atoms with Gasteiger partial charge in [0.15, 0.2) is 6.16 Å². The maximum atomic E-state index is 10.7. The number of hydroxylamine groups is 2. The predicted octanol–water partition coefficient (Wildman–Crippen LogP) is 0.602. The molecule has 0 aliphatic rings. The molecule has 0 radical (unpaired) electrons. The number of hydrogen-bond acceptors (Lipinski definition) is 4. The average molecular weight is 188 g/mol. The van der Waals surface area contributed by atoms with Gasteiger partial charge in [-0.1, -0.05) is 0 Å². The number of halogens is 1. The Labute approximate surface area is 67.9 Å². The van der Waals surface area contributed by atoms with Crippen LogP contribution in [-0.2, 0) is 9.19 Å². The van der Waals surface area contributed by atoms with Gasteiger partial charge >= 0.3 is 8.03 Å². The van der Waals surface area contributed by atoms with Crippen molar-refractivity contribution < 1.29 is 9.19 Å². The fourth-order valence-electron chi connectivity index (χ4n) is 0.328. The zero-order valence-corrected chi connectivity index (χ0v) is 7.82. The van der Waals surface area contributed by atoms with Crippen LogP contribution in [0.4, 0.5) is 0 Å². The van der Waals surface area contributed by atoms with Crippen LogP contribution in [0.2, 0.25) is 0 Å². The third-order valence-corrected chi connectivity index (χ3v) is 1.70. The molecule has 6 heteroatoms. The van der Waals surface area contributed by atoms with Crippen LogP contribution in [0.25, 0.3) is 0 Å². The van der Waals surface area contributed by atoms with E-state index in [4.69, 9.17) is 10.4 Å². The Morgan fingerprint density at radius 3 is 2.40 bits per heavy atom. The Hall–Kier alpha value is 0.270. The standard InChI is InChI=1S/C4H12N2O2P.ClH/c1-6(2)8-9(7)4-3-5;/h3-5H2,1-2H3;1H/q+1;. The number of rotatable bonds is 4. The van der Waals surface area contributed by atoms with Crippen molar-refractivity contribution >= 4 is 20.4 Å². The van der Waals surface area contributed by atoms with Gasteiger partial charge in [0, 0.05) is 20.6 Å². The molecular formula is C4H13ClN2O2P+. The first-order valence-corrected chi connectivity index (χ1v) is 4.03. The van der Waals surface area contributed by atoms with Crippen LogP contribution >= 0.6 is 20.4 Å². The fourth-order valence-corrected chi connectivity index (χ4v) is 0.985. The summed E-state index contributed by atoms with van der Waals surface area (Å²) in [5.74, 6) is 0. The molecule has 0 heterocycles. The summed E-state index contributed by atoms with van der Waals surface area (Å²) in [6.07, 6.45) is 0.424. The highest BCUT2D eigenvalue weighted by atomic mass is 35.5. The number of nitrogens with zero attached hydrogens (tertiary/aromatic N) is 1. The van der Waals surface area contributed by atoms with Gasteiger partial charge in [-0.05, 0) is 9.19 Å². The van der Waals surface area contributed by atoms with E-state index < -0.39 is 8.03 Å². The van der Waals surface area contributed by atoms with E-state index >= 15 is 0 Å². The predicted molar refractivity (Wildman–Crippen MR) is 43.5 cm³/mol. The minimum absolute atomic E-state index is 0. The summed E-state index contributed by atoms with van der Waals surface area (Å²) in [6, 6.07) is 0. The lowest BCUT2D eigenvalue weighted by Crippen LogP contribution is -2.10. The van der Waals surface area contributed by atoms with Gasteiger partial charge in [0.05, 0.1) is 0 Å². The van der Waals surface area contributed by atoms with Crippen molar-refractivity contribution in [2.24, 2.45) is 5.73 Å². The molecule has 0 aromatic carbocycles. The molecule has 0 aliphatic carbocycles. The summed E-state index contributed by atoms with van der Waals surface area (Å²) >= 11 is 0. The van der Waals surface area contributed by atoms with Gasteiger partial charge in [-0.15, -0.1) is 17.5 Å². The Kier molecular flexibility index (Phi) is 9.52. The van der Waals surface area contributed by atoms with E-state index in [0.29, 0.717) is 12.7 Å². The Balaban J connectivity index is 0. The van der Waals surface area contributed by atoms with Crippen LogP contribution in [-0.4, -0.2) is 31.9 Å². The lowest BCUT2D eigenvalue weighted by atomic mass is 10.8. The molecule has 0 aromatic rings. The highest BCUT2D eigenvalue weighted by Crippen LogP contribution is 2.20. The van der Waals surface area contributed by atoms with Crippen molar-refractivity contribution in [3.05, 3.63) is 0 Å². The third kappa shape index (κ3) is 8.27. The van der Waals surface area contributed by atoms with Gasteiger partial charge in [-0.3, -0.25) is 0 Å². The van der Waals surface area contributed by atoms with Crippen LogP contribution < -0.4 is 5.73 Å². The van der Waals surface area contributed by atoms with E-state index in [-0.39, 0.29) is 12.4 Å². The molecule has 0 amide bonds. The SMILES string of the molecule is CN(C)O[P+](=O)CCN.Cl. The lowest BCUT2D eigenvalue weighted by Gasteiger charge is -1.96. The molecular weight excluding hydrogens is 174 g/mol. The van der Waals surface area contributed by atoms with E-state index in [1.54, 1.807) is 14.1 Å². The zero-order chi connectivity index (χ0) is 7.28. The molecule has 1 unspecified atom stereocenters. The van der Waals surface area contributed by atoms with E-state index in [1.807, 2.05) is 0 Å². The molecule has 4 nitrogen and oxygen atoms in total. The molecule has 0 saturated heterocycles. The summed E-state index contributed by atoms with van der Waals surface area (Å²) in [4.78, 5) is 0. The van der Waals surface area contributed by atoms with Crippen LogP contribution in [0.3, 0.4) is 0 Å². The van der Waals surface area contributed by atoms with Gasteiger partial charge < -0.3 is 5.73 Å². The number of hydrogen-bond donors (Lipinski definition) is 1. The van der Waals surface area contributed by atoms with Crippen molar-refractivity contribution in [3.63, 3.8) is 0 Å². The summed E-state index contributed by atoms with van der Waals surface area (Å²) in [5, 5.41) is 1.41. The van der Waals surface area contributed by atoms with E-state index in [2.05, 4.69) is 0 Å². The Morgan fingerprint density at radius 2 is 2.10 bits per heavy atom. The van der Waals surface area contributed by atoms with Crippen molar-refractivity contribution in [1.29, 1.82) is 0 Å². The molecule has 1 atom stereocenters. The van der Waals surface area contributed by atoms with E-state index in [0.717, 1.165) is 0 Å². The first-order valence-electron chi connectivity index (χ1n) is 2.67. The first kappa shape index (κ1) is 12.9. The quantitative estimate of drug-likeness (QED) is 0.517. The second kappa shape index (κ2) is 7.38. The second-order valence-corrected chi connectivity index (χ2v) is 3.02. The minimum Gasteiger partial charge on any atom is -0.327 e. The molecule has 62 valence electrons. The largest absolute Gasteiger partial charge is 0.528 e. The molecule has 0 aliphatic heterocycles. The maximum absolute atomic E-state index is 10.7. The van der Waals surface area contributed by atoms with Crippen LogP contribution in [0.15, 0.2) is 0 Å². The normalized spacial score (nSPS) is 11.0. The van der Waals surface area contributed by atoms with Crippen LogP contribution in [0, 0.1) is 0 Å². The zero-order valence-electron chi connectivity index (χ0n) is 6.11. The smallest absolute Gasteiger partial charge is 0.327 e. The highest BCUT2D eigenvalue weighted by molar-refractivity contribution is 7.39. The van der Waals surface area contributed by atoms with E-state index in [1.165, 1.54) is 5.06 Å². The molecule has 0 spiro atoms. The lowest BCUT2D eigenvalue weighted by molar-refractivity contribution is 0.00693. The van der Waals surface area contributed by atoms with Gasteiger partial charge in [-0.2, -0.15) is 0 Å². The molecule has 0 aromatic heterocycles. The third-order valence-electron chi connectivity index (χ3n) is 0.566. The summed E-state index contributed by atoms with van der Waals surface area (Å²) in [7, 11) is 1.80. The molecule has 0 bridgehead atoms. The summed E-state index contributed by atoms with van der Waals surface area (Å²) < 4.78 is 15.4. The monoisotopic (exact) mass is 187 g/mol. The Morgan fingerprint density at radius 1 is 1.60 bits per heavy atom. The molecule has 10 heavy (non-hydrogen) atoms.